The zero-order valence-electron chi connectivity index (χ0n) is 9.80. The molecule has 1 aromatic carbocycles. The molecule has 1 N–H and O–H groups in total. The summed E-state index contributed by atoms with van der Waals surface area (Å²) in [5.41, 5.74) is 0.988. The Balaban J connectivity index is 2.75. The number of phenols is 1. The zero-order valence-corrected chi connectivity index (χ0v) is 9.80. The number of carbonyl (C=O) groups excluding carboxylic acids is 1. The largest absolute Gasteiger partial charge is 0.508 e. The van der Waals surface area contributed by atoms with Crippen molar-refractivity contribution >= 4 is 5.97 Å². The number of nitrogens with zero attached hydrogens (tertiary/aromatic N) is 1. The SMILES string of the molecule is COC(=O)[C@H](Cc1ccc(O)cc1)N(C)C. The first-order valence-corrected chi connectivity index (χ1v) is 5.06. The van der Waals surface area contributed by atoms with E-state index >= 15 is 0 Å². The molecular formula is C12H17NO3. The zero-order chi connectivity index (χ0) is 12.1. The number of hydrogen-bond donors (Lipinski definition) is 1. The first-order chi connectivity index (χ1) is 7.54. The Morgan fingerprint density at radius 2 is 1.94 bits per heavy atom. The number of hydrogen-bond acceptors (Lipinski definition) is 4. The average molecular weight is 223 g/mol. The van der Waals surface area contributed by atoms with E-state index in [1.54, 1.807) is 24.3 Å². The van der Waals surface area contributed by atoms with Gasteiger partial charge in [-0.1, -0.05) is 12.1 Å². The van der Waals surface area contributed by atoms with E-state index in [2.05, 4.69) is 0 Å². The summed E-state index contributed by atoms with van der Waals surface area (Å²) < 4.78 is 4.74. The van der Waals surface area contributed by atoms with Crippen molar-refractivity contribution in [3.05, 3.63) is 29.8 Å². The molecule has 0 radical (unpaired) electrons. The number of ether oxygens (including phenoxy) is 1. The molecule has 16 heavy (non-hydrogen) atoms. The van der Waals surface area contributed by atoms with Crippen molar-refractivity contribution in [1.82, 2.24) is 4.90 Å². The van der Waals surface area contributed by atoms with Crippen molar-refractivity contribution in [2.75, 3.05) is 21.2 Å². The smallest absolute Gasteiger partial charge is 0.323 e. The van der Waals surface area contributed by atoms with E-state index in [0.717, 1.165) is 5.56 Å². The second-order valence-corrected chi connectivity index (χ2v) is 3.87. The van der Waals surface area contributed by atoms with Crippen LogP contribution >= 0.6 is 0 Å². The monoisotopic (exact) mass is 223 g/mol. The lowest BCUT2D eigenvalue weighted by molar-refractivity contribution is -0.145. The molecule has 0 amide bonds. The number of likely N-dealkylation sites (N-methyl/N-ethyl adjacent to an activating group) is 1. The molecular weight excluding hydrogens is 206 g/mol. The number of phenolic OH excluding ortho intramolecular Hbond substituents is 1. The van der Waals surface area contributed by atoms with E-state index in [1.165, 1.54) is 7.11 Å². The Hall–Kier alpha value is -1.55. The molecule has 88 valence electrons. The van der Waals surface area contributed by atoms with E-state index in [9.17, 15) is 4.79 Å². The summed E-state index contributed by atoms with van der Waals surface area (Å²) in [5.74, 6) is -0.0266. The molecule has 0 heterocycles. The fourth-order valence-corrected chi connectivity index (χ4v) is 1.47. The van der Waals surface area contributed by atoms with Crippen LogP contribution < -0.4 is 0 Å². The molecule has 0 aliphatic rings. The number of carbonyl (C=O) groups is 1. The van der Waals surface area contributed by atoms with Gasteiger partial charge in [-0.15, -0.1) is 0 Å². The van der Waals surface area contributed by atoms with Crippen LogP contribution in [0.25, 0.3) is 0 Å². The van der Waals surface area contributed by atoms with Crippen molar-refractivity contribution in [2.45, 2.75) is 12.5 Å². The second kappa shape index (κ2) is 5.51. The van der Waals surface area contributed by atoms with Crippen LogP contribution in [-0.2, 0) is 16.0 Å². The molecule has 1 aromatic rings. The van der Waals surface area contributed by atoms with Gasteiger partial charge < -0.3 is 9.84 Å². The van der Waals surface area contributed by atoms with Gasteiger partial charge in [-0.05, 0) is 38.2 Å². The van der Waals surface area contributed by atoms with E-state index in [-0.39, 0.29) is 17.8 Å². The molecule has 4 nitrogen and oxygen atoms in total. The van der Waals surface area contributed by atoms with Gasteiger partial charge in [-0.25, -0.2) is 0 Å². The minimum absolute atomic E-state index is 0.225. The van der Waals surface area contributed by atoms with Gasteiger partial charge in [-0.2, -0.15) is 0 Å². The maximum atomic E-state index is 11.5. The number of rotatable bonds is 4. The van der Waals surface area contributed by atoms with Crippen LogP contribution in [0.3, 0.4) is 0 Å². The lowest BCUT2D eigenvalue weighted by Gasteiger charge is -2.21. The maximum absolute atomic E-state index is 11.5. The summed E-state index contributed by atoms with van der Waals surface area (Å²) in [7, 11) is 5.06. The molecule has 0 bridgehead atoms. The molecule has 1 rings (SSSR count). The summed E-state index contributed by atoms with van der Waals surface area (Å²) in [5, 5.41) is 9.15. The predicted octanol–water partition coefficient (Wildman–Crippen LogP) is 1.04. The van der Waals surface area contributed by atoms with Gasteiger partial charge in [0, 0.05) is 0 Å². The Labute approximate surface area is 95.5 Å². The third-order valence-corrected chi connectivity index (χ3v) is 2.46. The minimum atomic E-state index is -0.297. The maximum Gasteiger partial charge on any atom is 0.323 e. The Kier molecular flexibility index (Phi) is 4.31. The van der Waals surface area contributed by atoms with Crippen molar-refractivity contribution < 1.29 is 14.6 Å². The van der Waals surface area contributed by atoms with Crippen LogP contribution in [0.5, 0.6) is 5.75 Å². The van der Waals surface area contributed by atoms with E-state index in [1.807, 2.05) is 19.0 Å². The molecule has 0 aromatic heterocycles. The van der Waals surface area contributed by atoms with Gasteiger partial charge in [0.25, 0.3) is 0 Å². The number of esters is 1. The number of methoxy groups -OCH3 is 1. The highest BCUT2D eigenvalue weighted by Crippen LogP contribution is 2.13. The first kappa shape index (κ1) is 12.5. The average Bonchev–Trinajstić information content (AvgIpc) is 2.27. The van der Waals surface area contributed by atoms with Crippen LogP contribution in [0.2, 0.25) is 0 Å². The molecule has 0 saturated carbocycles. The third kappa shape index (κ3) is 3.24. The normalized spacial score (nSPS) is 12.5. The van der Waals surface area contributed by atoms with Crippen LogP contribution in [-0.4, -0.2) is 43.2 Å². The van der Waals surface area contributed by atoms with E-state index in [4.69, 9.17) is 9.84 Å². The minimum Gasteiger partial charge on any atom is -0.508 e. The van der Waals surface area contributed by atoms with E-state index in [0.29, 0.717) is 6.42 Å². The quantitative estimate of drug-likeness (QED) is 0.775. The Morgan fingerprint density at radius 3 is 2.38 bits per heavy atom. The molecule has 0 aliphatic carbocycles. The Morgan fingerprint density at radius 1 is 1.38 bits per heavy atom. The predicted molar refractivity (Wildman–Crippen MR) is 61.3 cm³/mol. The molecule has 4 heteroatoms. The summed E-state index contributed by atoms with van der Waals surface area (Å²) in [6.07, 6.45) is 0.569. The number of aromatic hydroxyl groups is 1. The van der Waals surface area contributed by atoms with Crippen molar-refractivity contribution in [3.8, 4) is 5.75 Å². The van der Waals surface area contributed by atoms with Crippen molar-refractivity contribution in [2.24, 2.45) is 0 Å². The van der Waals surface area contributed by atoms with Gasteiger partial charge >= 0.3 is 5.97 Å². The summed E-state index contributed by atoms with van der Waals surface area (Å²) in [4.78, 5) is 13.3. The van der Waals surface area contributed by atoms with Gasteiger partial charge in [0.05, 0.1) is 7.11 Å². The van der Waals surface area contributed by atoms with Crippen LogP contribution in [0.15, 0.2) is 24.3 Å². The van der Waals surface area contributed by atoms with Crippen molar-refractivity contribution in [1.29, 1.82) is 0 Å². The molecule has 0 fully saturated rings. The van der Waals surface area contributed by atoms with Gasteiger partial charge in [0.1, 0.15) is 11.8 Å². The van der Waals surface area contributed by atoms with Gasteiger partial charge in [0.15, 0.2) is 0 Å². The highest BCUT2D eigenvalue weighted by Gasteiger charge is 2.21. The van der Waals surface area contributed by atoms with E-state index < -0.39 is 0 Å². The lowest BCUT2D eigenvalue weighted by Crippen LogP contribution is -2.38. The lowest BCUT2D eigenvalue weighted by atomic mass is 10.1. The highest BCUT2D eigenvalue weighted by molar-refractivity contribution is 5.76. The topological polar surface area (TPSA) is 49.8 Å². The van der Waals surface area contributed by atoms with Crippen LogP contribution in [0.1, 0.15) is 5.56 Å². The van der Waals surface area contributed by atoms with Crippen LogP contribution in [0, 0.1) is 0 Å². The van der Waals surface area contributed by atoms with Crippen molar-refractivity contribution in [3.63, 3.8) is 0 Å². The fourth-order valence-electron chi connectivity index (χ4n) is 1.47. The summed E-state index contributed by atoms with van der Waals surface area (Å²) >= 11 is 0. The fraction of sp³-hybridized carbons (Fsp3) is 0.417. The van der Waals surface area contributed by atoms with Gasteiger partial charge in [-0.3, -0.25) is 9.69 Å². The first-order valence-electron chi connectivity index (χ1n) is 5.06. The molecule has 0 spiro atoms. The molecule has 1 atom stereocenters. The Bertz CT molecular complexity index is 346. The summed E-state index contributed by atoms with van der Waals surface area (Å²) in [6, 6.07) is 6.52. The second-order valence-electron chi connectivity index (χ2n) is 3.87. The molecule has 0 aliphatic heterocycles. The standard InChI is InChI=1S/C12H17NO3/c1-13(2)11(12(15)16-3)8-9-4-6-10(14)7-5-9/h4-7,11,14H,8H2,1-3H3/t11-/m0/s1. The number of benzene rings is 1. The highest BCUT2D eigenvalue weighted by atomic mass is 16.5. The van der Waals surface area contributed by atoms with Crippen LogP contribution in [0.4, 0.5) is 0 Å². The molecule has 0 unspecified atom stereocenters. The molecule has 0 saturated heterocycles. The third-order valence-electron chi connectivity index (χ3n) is 2.46. The summed E-state index contributed by atoms with van der Waals surface area (Å²) in [6.45, 7) is 0. The van der Waals surface area contributed by atoms with Gasteiger partial charge in [0.2, 0.25) is 0 Å².